The number of nitrogens with two attached hydrogens (primary N) is 1. The van der Waals surface area contributed by atoms with Crippen LogP contribution in [0.15, 0.2) is 12.0 Å². The first kappa shape index (κ1) is 7.84. The van der Waals surface area contributed by atoms with Crippen LogP contribution in [0.2, 0.25) is 0 Å². The van der Waals surface area contributed by atoms with E-state index in [1.54, 1.807) is 0 Å². The van der Waals surface area contributed by atoms with Gasteiger partial charge in [-0.2, -0.15) is 0 Å². The number of hydrogen-bond donors (Lipinski definition) is 1. The van der Waals surface area contributed by atoms with Gasteiger partial charge >= 0.3 is 0 Å². The van der Waals surface area contributed by atoms with Gasteiger partial charge in [0.2, 0.25) is 0 Å². The number of rotatable bonds is 2. The Morgan fingerprint density at radius 2 is 2.09 bits per heavy atom. The minimum Gasteiger partial charge on any atom is -0.380 e. The van der Waals surface area contributed by atoms with Gasteiger partial charge in [0.25, 0.3) is 6.20 Å². The molecule has 0 saturated carbocycles. The van der Waals surface area contributed by atoms with Crippen molar-refractivity contribution in [3.8, 4) is 0 Å². The molecule has 0 unspecified atom stereocenters. The Kier molecular flexibility index (Phi) is 2.30. The lowest BCUT2D eigenvalue weighted by atomic mass is 10.4. The van der Waals surface area contributed by atoms with Crippen LogP contribution in [-0.4, -0.2) is 22.9 Å². The summed E-state index contributed by atoms with van der Waals surface area (Å²) in [6.07, 6.45) is 3.00. The predicted octanol–water partition coefficient (Wildman–Crippen LogP) is 0.116. The van der Waals surface area contributed by atoms with E-state index in [1.807, 2.05) is 4.90 Å². The molecule has 0 aliphatic carbocycles. The molecule has 0 aromatic carbocycles. The smallest absolute Gasteiger partial charge is 0.274 e. The highest BCUT2D eigenvalue weighted by Crippen LogP contribution is 2.10. The second-order valence-corrected chi connectivity index (χ2v) is 2.53. The van der Waals surface area contributed by atoms with Crippen molar-refractivity contribution in [2.75, 3.05) is 13.1 Å². The number of nitro groups is 1. The van der Waals surface area contributed by atoms with Crippen LogP contribution < -0.4 is 5.73 Å². The van der Waals surface area contributed by atoms with Gasteiger partial charge in [-0.3, -0.25) is 10.1 Å². The number of likely N-dealkylation sites (tertiary alicyclic amines) is 1. The first-order valence-corrected chi connectivity index (χ1v) is 3.56. The SMILES string of the molecule is NC(=C[N+](=O)[O-])N1CCCC1. The summed E-state index contributed by atoms with van der Waals surface area (Å²) in [5.74, 6) is 0.271. The number of nitrogens with zero attached hydrogens (tertiary/aromatic N) is 2. The summed E-state index contributed by atoms with van der Waals surface area (Å²) in [5, 5.41) is 9.99. The third-order valence-corrected chi connectivity index (χ3v) is 1.71. The predicted molar refractivity (Wildman–Crippen MR) is 40.1 cm³/mol. The van der Waals surface area contributed by atoms with Crippen LogP contribution in [0.4, 0.5) is 0 Å². The van der Waals surface area contributed by atoms with E-state index in [-0.39, 0.29) is 5.82 Å². The summed E-state index contributed by atoms with van der Waals surface area (Å²) in [5.41, 5.74) is 5.43. The zero-order valence-electron chi connectivity index (χ0n) is 6.19. The molecule has 1 aliphatic rings. The standard InChI is InChI=1S/C6H11N3O2/c7-6(5-9(10)11)8-3-1-2-4-8/h5H,1-4,7H2. The van der Waals surface area contributed by atoms with Crippen molar-refractivity contribution in [2.24, 2.45) is 5.73 Å². The molecule has 0 aromatic heterocycles. The minimum absolute atomic E-state index is 0.271. The summed E-state index contributed by atoms with van der Waals surface area (Å²) < 4.78 is 0. The molecule has 11 heavy (non-hydrogen) atoms. The summed E-state index contributed by atoms with van der Waals surface area (Å²) >= 11 is 0. The molecular formula is C6H11N3O2. The van der Waals surface area contributed by atoms with Crippen molar-refractivity contribution in [3.63, 3.8) is 0 Å². The van der Waals surface area contributed by atoms with Crippen LogP contribution in [0, 0.1) is 10.1 Å². The molecule has 0 bridgehead atoms. The van der Waals surface area contributed by atoms with E-state index in [0.717, 1.165) is 32.1 Å². The number of hydrogen-bond acceptors (Lipinski definition) is 4. The van der Waals surface area contributed by atoms with Gasteiger partial charge in [-0.1, -0.05) is 0 Å². The first-order valence-electron chi connectivity index (χ1n) is 3.56. The van der Waals surface area contributed by atoms with Gasteiger partial charge in [-0.25, -0.2) is 0 Å². The maximum Gasteiger partial charge on any atom is 0.274 e. The molecule has 62 valence electrons. The van der Waals surface area contributed by atoms with E-state index >= 15 is 0 Å². The Balaban J connectivity index is 2.51. The molecule has 0 atom stereocenters. The average molecular weight is 157 g/mol. The van der Waals surface area contributed by atoms with Crippen molar-refractivity contribution in [1.82, 2.24) is 4.90 Å². The fourth-order valence-electron chi connectivity index (χ4n) is 1.16. The molecule has 5 nitrogen and oxygen atoms in total. The normalized spacial score (nSPS) is 18.9. The Hall–Kier alpha value is -1.26. The molecule has 5 heteroatoms. The third kappa shape index (κ3) is 2.10. The van der Waals surface area contributed by atoms with Gasteiger partial charge < -0.3 is 10.6 Å². The van der Waals surface area contributed by atoms with Gasteiger partial charge in [-0.15, -0.1) is 0 Å². The van der Waals surface area contributed by atoms with E-state index in [4.69, 9.17) is 5.73 Å². The van der Waals surface area contributed by atoms with Crippen molar-refractivity contribution < 1.29 is 4.92 Å². The molecule has 1 aliphatic heterocycles. The highest BCUT2D eigenvalue weighted by molar-refractivity contribution is 4.92. The average Bonchev–Trinajstić information content (AvgIpc) is 2.35. The van der Waals surface area contributed by atoms with Crippen molar-refractivity contribution >= 4 is 0 Å². The van der Waals surface area contributed by atoms with Gasteiger partial charge in [0.15, 0.2) is 5.82 Å². The van der Waals surface area contributed by atoms with E-state index in [1.165, 1.54) is 0 Å². The topological polar surface area (TPSA) is 72.4 Å². The zero-order valence-corrected chi connectivity index (χ0v) is 6.19. The van der Waals surface area contributed by atoms with E-state index < -0.39 is 4.92 Å². The molecule has 1 fully saturated rings. The molecular weight excluding hydrogens is 146 g/mol. The lowest BCUT2D eigenvalue weighted by Gasteiger charge is -2.14. The Labute approximate surface area is 64.6 Å². The molecule has 0 amide bonds. The molecule has 2 N–H and O–H groups in total. The maximum absolute atomic E-state index is 9.99. The molecule has 0 aromatic rings. The van der Waals surface area contributed by atoms with Crippen molar-refractivity contribution in [1.29, 1.82) is 0 Å². The minimum atomic E-state index is -0.520. The third-order valence-electron chi connectivity index (χ3n) is 1.71. The zero-order chi connectivity index (χ0) is 8.27. The highest BCUT2D eigenvalue weighted by atomic mass is 16.6. The van der Waals surface area contributed by atoms with Crippen LogP contribution >= 0.6 is 0 Å². The van der Waals surface area contributed by atoms with Crippen LogP contribution in [0.25, 0.3) is 0 Å². The molecule has 0 radical (unpaired) electrons. The Morgan fingerprint density at radius 1 is 1.55 bits per heavy atom. The van der Waals surface area contributed by atoms with Crippen LogP contribution in [0.5, 0.6) is 0 Å². The molecule has 1 rings (SSSR count). The quantitative estimate of drug-likeness (QED) is 0.456. The van der Waals surface area contributed by atoms with Gasteiger partial charge in [0.1, 0.15) is 0 Å². The highest BCUT2D eigenvalue weighted by Gasteiger charge is 2.14. The fourth-order valence-corrected chi connectivity index (χ4v) is 1.16. The van der Waals surface area contributed by atoms with Crippen LogP contribution in [0.3, 0.4) is 0 Å². The maximum atomic E-state index is 9.99. The van der Waals surface area contributed by atoms with E-state index in [2.05, 4.69) is 0 Å². The van der Waals surface area contributed by atoms with E-state index in [0.29, 0.717) is 0 Å². The van der Waals surface area contributed by atoms with Crippen molar-refractivity contribution in [2.45, 2.75) is 12.8 Å². The van der Waals surface area contributed by atoms with Crippen LogP contribution in [0.1, 0.15) is 12.8 Å². The second-order valence-electron chi connectivity index (χ2n) is 2.53. The Morgan fingerprint density at radius 3 is 2.55 bits per heavy atom. The van der Waals surface area contributed by atoms with Crippen molar-refractivity contribution in [3.05, 3.63) is 22.1 Å². The summed E-state index contributed by atoms with van der Waals surface area (Å²) in [7, 11) is 0. The first-order chi connectivity index (χ1) is 5.20. The fraction of sp³-hybridized carbons (Fsp3) is 0.667. The van der Waals surface area contributed by atoms with Gasteiger partial charge in [-0.05, 0) is 12.8 Å². The summed E-state index contributed by atoms with van der Waals surface area (Å²) in [6.45, 7) is 1.69. The van der Waals surface area contributed by atoms with Gasteiger partial charge in [0, 0.05) is 13.1 Å². The monoisotopic (exact) mass is 157 g/mol. The Bertz CT molecular complexity index is 184. The van der Waals surface area contributed by atoms with Gasteiger partial charge in [0.05, 0.1) is 4.92 Å². The summed E-state index contributed by atoms with van der Waals surface area (Å²) in [6, 6.07) is 0. The summed E-state index contributed by atoms with van der Waals surface area (Å²) in [4.78, 5) is 11.3. The lowest BCUT2D eigenvalue weighted by molar-refractivity contribution is -0.404. The largest absolute Gasteiger partial charge is 0.380 e. The van der Waals surface area contributed by atoms with Crippen LogP contribution in [-0.2, 0) is 0 Å². The second kappa shape index (κ2) is 3.23. The molecule has 0 spiro atoms. The molecule has 1 heterocycles. The lowest BCUT2D eigenvalue weighted by Crippen LogP contribution is -2.25. The van der Waals surface area contributed by atoms with E-state index in [9.17, 15) is 10.1 Å². The molecule has 1 saturated heterocycles.